The lowest BCUT2D eigenvalue weighted by Gasteiger charge is -2.21. The molecule has 4 rings (SSSR count). The fourth-order valence-corrected chi connectivity index (χ4v) is 3.87. The Morgan fingerprint density at radius 1 is 1.14 bits per heavy atom. The summed E-state index contributed by atoms with van der Waals surface area (Å²) < 4.78 is 34.8. The van der Waals surface area contributed by atoms with Crippen LogP contribution in [0.5, 0.6) is 5.75 Å². The van der Waals surface area contributed by atoms with Gasteiger partial charge in [0.25, 0.3) is 0 Å². The van der Waals surface area contributed by atoms with Gasteiger partial charge in [-0.2, -0.15) is 0 Å². The molecule has 0 fully saturated rings. The molecule has 0 saturated carbocycles. The second kappa shape index (κ2) is 6.20. The highest BCUT2D eigenvalue weighted by atomic mass is 32.2. The zero-order valence-electron chi connectivity index (χ0n) is 15.5. The van der Waals surface area contributed by atoms with E-state index in [1.807, 2.05) is 6.07 Å². The maximum Gasteiger partial charge on any atom is 0.375 e. The van der Waals surface area contributed by atoms with Crippen LogP contribution in [0.25, 0.3) is 16.6 Å². The molecule has 1 N–H and O–H groups in total. The van der Waals surface area contributed by atoms with Crippen LogP contribution >= 0.6 is 0 Å². The number of carbonyl (C=O) groups is 1. The lowest BCUT2D eigenvalue weighted by molar-refractivity contribution is -0.145. The molecule has 0 unspecified atom stereocenters. The molecule has 1 aliphatic heterocycles. The predicted molar refractivity (Wildman–Crippen MR) is 103 cm³/mol. The molecule has 0 amide bonds. The summed E-state index contributed by atoms with van der Waals surface area (Å²) in [5.74, 6) is -0.114. The molecule has 0 bridgehead atoms. The van der Waals surface area contributed by atoms with E-state index in [-0.39, 0.29) is 10.7 Å². The van der Waals surface area contributed by atoms with Gasteiger partial charge in [-0.1, -0.05) is 12.1 Å². The highest BCUT2D eigenvalue weighted by molar-refractivity contribution is 7.90. The van der Waals surface area contributed by atoms with E-state index >= 15 is 0 Å². The molecule has 8 heteroatoms. The number of sulfone groups is 1. The SMILES string of the molecule is CC1(C)OC(=O)C(Oc2cnc3[nH]ccc3c2)=C1c1ccc(S(C)(=O)=O)cc1. The fraction of sp³-hybridized carbons (Fsp3) is 0.200. The van der Waals surface area contributed by atoms with E-state index in [0.29, 0.717) is 22.5 Å². The highest BCUT2D eigenvalue weighted by Crippen LogP contribution is 2.40. The Morgan fingerprint density at radius 3 is 2.54 bits per heavy atom. The van der Waals surface area contributed by atoms with Gasteiger partial charge in [-0.3, -0.25) is 0 Å². The second-order valence-electron chi connectivity index (χ2n) is 7.09. The van der Waals surface area contributed by atoms with E-state index in [9.17, 15) is 13.2 Å². The number of cyclic esters (lactones) is 1. The first-order chi connectivity index (χ1) is 13.1. The van der Waals surface area contributed by atoms with Crippen molar-refractivity contribution in [2.24, 2.45) is 0 Å². The number of aromatic nitrogens is 2. The summed E-state index contributed by atoms with van der Waals surface area (Å²) in [6, 6.07) is 9.92. The van der Waals surface area contributed by atoms with Gasteiger partial charge < -0.3 is 14.5 Å². The summed E-state index contributed by atoms with van der Waals surface area (Å²) in [5, 5.41) is 0.850. The van der Waals surface area contributed by atoms with Crippen LogP contribution < -0.4 is 4.74 Å². The number of hydrogen-bond acceptors (Lipinski definition) is 6. The number of hydrogen-bond donors (Lipinski definition) is 1. The van der Waals surface area contributed by atoms with Gasteiger partial charge in [-0.25, -0.2) is 18.2 Å². The average molecular weight is 398 g/mol. The Bertz CT molecular complexity index is 1220. The van der Waals surface area contributed by atoms with Crippen LogP contribution in [0.3, 0.4) is 0 Å². The van der Waals surface area contributed by atoms with Crippen LogP contribution in [-0.4, -0.2) is 36.2 Å². The van der Waals surface area contributed by atoms with Gasteiger partial charge in [-0.15, -0.1) is 0 Å². The number of fused-ring (bicyclic) bond motifs is 1. The summed E-state index contributed by atoms with van der Waals surface area (Å²) in [6.07, 6.45) is 4.43. The van der Waals surface area contributed by atoms with Crippen molar-refractivity contribution >= 4 is 32.4 Å². The Hall–Kier alpha value is -3.13. The minimum atomic E-state index is -3.32. The zero-order chi connectivity index (χ0) is 20.1. The van der Waals surface area contributed by atoms with Crippen molar-refractivity contribution in [2.75, 3.05) is 6.26 Å². The number of carbonyl (C=O) groups excluding carboxylic acids is 1. The summed E-state index contributed by atoms with van der Waals surface area (Å²) in [4.78, 5) is 19.9. The molecule has 3 aromatic rings. The number of rotatable bonds is 4. The van der Waals surface area contributed by atoms with Gasteiger partial charge in [-0.05, 0) is 43.7 Å². The third-order valence-electron chi connectivity index (χ3n) is 4.53. The highest BCUT2D eigenvalue weighted by Gasteiger charge is 2.43. The Labute approximate surface area is 161 Å². The number of pyridine rings is 1. The van der Waals surface area contributed by atoms with Crippen molar-refractivity contribution in [1.29, 1.82) is 0 Å². The standard InChI is InChI=1S/C20H18N2O5S/c1-20(2)16(12-4-6-15(7-5-12)28(3,24)25)17(19(23)27-20)26-14-10-13-8-9-21-18(13)22-11-14/h4-11H,1-3H3,(H,21,22). The Morgan fingerprint density at radius 2 is 1.86 bits per heavy atom. The number of esters is 1. The first kappa shape index (κ1) is 18.2. The van der Waals surface area contributed by atoms with Gasteiger partial charge in [0.05, 0.1) is 16.7 Å². The average Bonchev–Trinajstić information content (AvgIpc) is 3.16. The molecular weight excluding hydrogens is 380 g/mol. The minimum absolute atomic E-state index is 0.0637. The Kier molecular flexibility index (Phi) is 4.04. The van der Waals surface area contributed by atoms with E-state index in [1.54, 1.807) is 38.2 Å². The second-order valence-corrected chi connectivity index (χ2v) is 9.10. The maximum absolute atomic E-state index is 12.5. The van der Waals surface area contributed by atoms with Gasteiger partial charge in [0.15, 0.2) is 9.84 Å². The third kappa shape index (κ3) is 3.16. The number of aromatic amines is 1. The molecule has 2 aromatic heterocycles. The molecule has 0 aliphatic carbocycles. The number of nitrogens with one attached hydrogen (secondary N) is 1. The molecule has 0 radical (unpaired) electrons. The van der Waals surface area contributed by atoms with Crippen molar-refractivity contribution in [1.82, 2.24) is 9.97 Å². The molecule has 7 nitrogen and oxygen atoms in total. The smallest absolute Gasteiger partial charge is 0.375 e. The first-order valence-electron chi connectivity index (χ1n) is 8.55. The van der Waals surface area contributed by atoms with Crippen LogP contribution in [0, 0.1) is 0 Å². The molecule has 1 aromatic carbocycles. The lowest BCUT2D eigenvalue weighted by Crippen LogP contribution is -2.22. The Balaban J connectivity index is 1.79. The largest absolute Gasteiger partial charge is 0.449 e. The van der Waals surface area contributed by atoms with Crippen LogP contribution in [-0.2, 0) is 19.4 Å². The number of benzene rings is 1. The molecular formula is C20H18N2O5S. The van der Waals surface area contributed by atoms with Crippen molar-refractivity contribution < 1.29 is 22.7 Å². The van der Waals surface area contributed by atoms with E-state index in [0.717, 1.165) is 11.6 Å². The van der Waals surface area contributed by atoms with Crippen LogP contribution in [0.1, 0.15) is 19.4 Å². The van der Waals surface area contributed by atoms with Crippen LogP contribution in [0.15, 0.2) is 59.4 Å². The van der Waals surface area contributed by atoms with Gasteiger partial charge >= 0.3 is 5.97 Å². The van der Waals surface area contributed by atoms with Gasteiger partial charge in [0, 0.05) is 17.8 Å². The molecule has 1 aliphatic rings. The zero-order valence-corrected chi connectivity index (χ0v) is 16.3. The first-order valence-corrected chi connectivity index (χ1v) is 10.4. The topological polar surface area (TPSA) is 98.3 Å². The minimum Gasteiger partial charge on any atom is -0.449 e. The number of ether oxygens (including phenoxy) is 2. The van der Waals surface area contributed by atoms with Crippen molar-refractivity contribution in [2.45, 2.75) is 24.3 Å². The molecule has 0 saturated heterocycles. The fourth-order valence-electron chi connectivity index (χ4n) is 3.24. The van der Waals surface area contributed by atoms with E-state index in [4.69, 9.17) is 9.47 Å². The molecule has 0 atom stereocenters. The lowest BCUT2D eigenvalue weighted by atomic mass is 9.92. The molecule has 144 valence electrons. The van der Waals surface area contributed by atoms with E-state index in [2.05, 4.69) is 9.97 Å². The molecule has 0 spiro atoms. The quantitative estimate of drug-likeness (QED) is 0.678. The van der Waals surface area contributed by atoms with Crippen LogP contribution in [0.4, 0.5) is 0 Å². The summed E-state index contributed by atoms with van der Waals surface area (Å²) >= 11 is 0. The van der Waals surface area contributed by atoms with Crippen molar-refractivity contribution in [3.05, 3.63) is 60.1 Å². The summed E-state index contributed by atoms with van der Waals surface area (Å²) in [5.41, 5.74) is 0.984. The molecule has 3 heterocycles. The van der Waals surface area contributed by atoms with Crippen molar-refractivity contribution in [3.63, 3.8) is 0 Å². The van der Waals surface area contributed by atoms with Gasteiger partial charge in [0.2, 0.25) is 5.76 Å². The number of H-pyrrole nitrogens is 1. The summed E-state index contributed by atoms with van der Waals surface area (Å²) in [6.45, 7) is 3.52. The van der Waals surface area contributed by atoms with Crippen LogP contribution in [0.2, 0.25) is 0 Å². The predicted octanol–water partition coefficient (Wildman–Crippen LogP) is 3.09. The normalized spacial score (nSPS) is 16.5. The number of nitrogens with zero attached hydrogens (tertiary/aromatic N) is 1. The molecule has 28 heavy (non-hydrogen) atoms. The van der Waals surface area contributed by atoms with Crippen molar-refractivity contribution in [3.8, 4) is 5.75 Å². The van der Waals surface area contributed by atoms with Gasteiger partial charge in [0.1, 0.15) is 17.0 Å². The summed E-state index contributed by atoms with van der Waals surface area (Å²) in [7, 11) is -3.32. The maximum atomic E-state index is 12.5. The van der Waals surface area contributed by atoms with E-state index in [1.165, 1.54) is 18.3 Å². The monoisotopic (exact) mass is 398 g/mol. The van der Waals surface area contributed by atoms with E-state index < -0.39 is 21.4 Å². The third-order valence-corrected chi connectivity index (χ3v) is 5.66.